The molecule has 3 N–H and O–H groups in total. The molecule has 0 saturated heterocycles. The van der Waals surface area contributed by atoms with Crippen LogP contribution in [-0.4, -0.2) is 54.2 Å². The highest BCUT2D eigenvalue weighted by atomic mass is 32.2. The highest BCUT2D eigenvalue weighted by molar-refractivity contribution is 7.91. The molecule has 1 amide bonds. The number of aliphatic carboxylic acids is 1. The molecule has 112 valence electrons. The van der Waals surface area contributed by atoms with E-state index in [2.05, 4.69) is 5.32 Å². The van der Waals surface area contributed by atoms with Crippen LogP contribution >= 0.6 is 0 Å². The number of nitrogens with one attached hydrogen (secondary N) is 1. The Bertz CT molecular complexity index is 426. The molecule has 0 aromatic carbocycles. The van der Waals surface area contributed by atoms with Crippen LogP contribution in [0, 0.1) is 5.92 Å². The summed E-state index contributed by atoms with van der Waals surface area (Å²) in [5.41, 5.74) is -2.06. The zero-order valence-corrected chi connectivity index (χ0v) is 12.2. The SMILES string of the molecule is CC(C)CS(=O)(=O)CCC(=O)NCC(C)(O)C(=O)O. The summed E-state index contributed by atoms with van der Waals surface area (Å²) in [4.78, 5) is 21.9. The first-order valence-electron chi connectivity index (χ1n) is 5.89. The van der Waals surface area contributed by atoms with Crippen LogP contribution in [0.15, 0.2) is 0 Å². The second-order valence-corrected chi connectivity index (χ2v) is 7.34. The Kier molecular flexibility index (Phi) is 6.44. The van der Waals surface area contributed by atoms with Gasteiger partial charge in [-0.1, -0.05) is 13.8 Å². The number of aliphatic hydroxyl groups is 1. The summed E-state index contributed by atoms with van der Waals surface area (Å²) in [7, 11) is -3.29. The molecule has 8 heteroatoms. The van der Waals surface area contributed by atoms with Crippen LogP contribution in [0.4, 0.5) is 0 Å². The Balaban J connectivity index is 4.18. The van der Waals surface area contributed by atoms with E-state index in [1.807, 2.05) is 0 Å². The summed E-state index contributed by atoms with van der Waals surface area (Å²) in [6, 6.07) is 0. The molecular weight excluding hydrogens is 274 g/mol. The Labute approximate surface area is 112 Å². The van der Waals surface area contributed by atoms with Gasteiger partial charge < -0.3 is 15.5 Å². The molecule has 0 spiro atoms. The van der Waals surface area contributed by atoms with Gasteiger partial charge in [0.2, 0.25) is 5.91 Å². The summed E-state index contributed by atoms with van der Waals surface area (Å²) in [5.74, 6) is -2.35. The molecule has 0 saturated carbocycles. The molecule has 0 heterocycles. The third-order valence-corrected chi connectivity index (χ3v) is 4.32. The van der Waals surface area contributed by atoms with Gasteiger partial charge in [-0.3, -0.25) is 4.79 Å². The lowest BCUT2D eigenvalue weighted by atomic mass is 10.1. The van der Waals surface area contributed by atoms with Crippen molar-refractivity contribution in [1.82, 2.24) is 5.32 Å². The zero-order chi connectivity index (χ0) is 15.3. The molecule has 0 aliphatic carbocycles. The van der Waals surface area contributed by atoms with E-state index in [-0.39, 0.29) is 23.8 Å². The number of sulfone groups is 1. The van der Waals surface area contributed by atoms with Crippen LogP contribution in [0.5, 0.6) is 0 Å². The first-order chi connectivity index (χ1) is 8.46. The van der Waals surface area contributed by atoms with Gasteiger partial charge in [-0.15, -0.1) is 0 Å². The van der Waals surface area contributed by atoms with Gasteiger partial charge in [0.15, 0.2) is 15.4 Å². The van der Waals surface area contributed by atoms with Gasteiger partial charge in [-0.2, -0.15) is 0 Å². The Morgan fingerprint density at radius 2 is 1.84 bits per heavy atom. The van der Waals surface area contributed by atoms with E-state index in [4.69, 9.17) is 5.11 Å². The van der Waals surface area contributed by atoms with Crippen LogP contribution < -0.4 is 5.32 Å². The van der Waals surface area contributed by atoms with Crippen molar-refractivity contribution in [3.05, 3.63) is 0 Å². The molecule has 7 nitrogen and oxygen atoms in total. The van der Waals surface area contributed by atoms with Crippen molar-refractivity contribution >= 4 is 21.7 Å². The molecule has 0 aromatic rings. The third-order valence-electron chi connectivity index (χ3n) is 2.32. The lowest BCUT2D eigenvalue weighted by Crippen LogP contribution is -2.46. The highest BCUT2D eigenvalue weighted by Crippen LogP contribution is 2.04. The fourth-order valence-corrected chi connectivity index (χ4v) is 2.95. The van der Waals surface area contributed by atoms with Crippen molar-refractivity contribution in [2.45, 2.75) is 32.8 Å². The summed E-state index contributed by atoms with van der Waals surface area (Å²) < 4.78 is 23.1. The average Bonchev–Trinajstić information content (AvgIpc) is 2.21. The number of hydrogen-bond donors (Lipinski definition) is 3. The van der Waals surface area contributed by atoms with Gasteiger partial charge in [0.05, 0.1) is 18.1 Å². The minimum atomic E-state index is -3.29. The number of carbonyl (C=O) groups excluding carboxylic acids is 1. The predicted octanol–water partition coefficient (Wildman–Crippen LogP) is -0.601. The maximum atomic E-state index is 11.5. The van der Waals surface area contributed by atoms with Crippen molar-refractivity contribution < 1.29 is 28.2 Å². The van der Waals surface area contributed by atoms with Crippen LogP contribution in [0.2, 0.25) is 0 Å². The average molecular weight is 295 g/mol. The minimum absolute atomic E-state index is 0.00706. The van der Waals surface area contributed by atoms with Crippen LogP contribution in [-0.2, 0) is 19.4 Å². The van der Waals surface area contributed by atoms with Gasteiger partial charge in [0.25, 0.3) is 0 Å². The number of carboxylic acid groups (broad SMARTS) is 1. The van der Waals surface area contributed by atoms with Crippen molar-refractivity contribution in [3.63, 3.8) is 0 Å². The van der Waals surface area contributed by atoms with E-state index in [0.717, 1.165) is 6.92 Å². The monoisotopic (exact) mass is 295 g/mol. The first-order valence-corrected chi connectivity index (χ1v) is 7.71. The zero-order valence-electron chi connectivity index (χ0n) is 11.3. The summed E-state index contributed by atoms with van der Waals surface area (Å²) in [5, 5.41) is 20.2. The van der Waals surface area contributed by atoms with Gasteiger partial charge >= 0.3 is 5.97 Å². The topological polar surface area (TPSA) is 121 Å². The van der Waals surface area contributed by atoms with Crippen LogP contribution in [0.1, 0.15) is 27.2 Å². The second kappa shape index (κ2) is 6.85. The van der Waals surface area contributed by atoms with Gasteiger partial charge in [-0.25, -0.2) is 13.2 Å². The molecule has 1 unspecified atom stereocenters. The van der Waals surface area contributed by atoms with E-state index < -0.39 is 33.9 Å². The van der Waals surface area contributed by atoms with E-state index in [1.165, 1.54) is 0 Å². The number of amides is 1. The fraction of sp³-hybridized carbons (Fsp3) is 0.818. The summed E-state index contributed by atoms with van der Waals surface area (Å²) in [6.45, 7) is 4.11. The lowest BCUT2D eigenvalue weighted by Gasteiger charge is -2.18. The number of rotatable bonds is 8. The van der Waals surface area contributed by atoms with E-state index in [9.17, 15) is 23.1 Å². The molecule has 0 aliphatic heterocycles. The molecule has 0 fully saturated rings. The Morgan fingerprint density at radius 3 is 2.26 bits per heavy atom. The third kappa shape index (κ3) is 7.78. The first kappa shape index (κ1) is 17.8. The fourth-order valence-electron chi connectivity index (χ4n) is 1.27. The molecule has 0 bridgehead atoms. The normalized spacial score (nSPS) is 15.0. The summed E-state index contributed by atoms with van der Waals surface area (Å²) >= 11 is 0. The van der Waals surface area contributed by atoms with Crippen molar-refractivity contribution in [2.24, 2.45) is 5.92 Å². The quantitative estimate of drug-likeness (QED) is 0.550. The number of carbonyl (C=O) groups is 2. The largest absolute Gasteiger partial charge is 0.479 e. The second-order valence-electron chi connectivity index (χ2n) is 5.11. The van der Waals surface area contributed by atoms with Gasteiger partial charge in [-0.05, 0) is 12.8 Å². The van der Waals surface area contributed by atoms with Crippen molar-refractivity contribution in [3.8, 4) is 0 Å². The highest BCUT2D eigenvalue weighted by Gasteiger charge is 2.30. The maximum Gasteiger partial charge on any atom is 0.337 e. The lowest BCUT2D eigenvalue weighted by molar-refractivity contribution is -0.156. The van der Waals surface area contributed by atoms with E-state index in [1.54, 1.807) is 13.8 Å². The van der Waals surface area contributed by atoms with Crippen molar-refractivity contribution in [1.29, 1.82) is 0 Å². The van der Waals surface area contributed by atoms with Gasteiger partial charge in [0.1, 0.15) is 0 Å². The summed E-state index contributed by atoms with van der Waals surface area (Å²) in [6.07, 6.45) is -0.245. The molecule has 0 radical (unpaired) electrons. The molecular formula is C11H21NO6S. The molecule has 19 heavy (non-hydrogen) atoms. The molecule has 0 aliphatic rings. The standard InChI is InChI=1S/C11H21NO6S/c1-8(2)6-19(17,18)5-4-9(13)12-7-11(3,16)10(14)15/h8,16H,4-7H2,1-3H3,(H,12,13)(H,14,15). The molecule has 0 rings (SSSR count). The molecule has 0 aromatic heterocycles. The number of hydrogen-bond acceptors (Lipinski definition) is 5. The molecule has 1 atom stereocenters. The maximum absolute atomic E-state index is 11.5. The van der Waals surface area contributed by atoms with E-state index in [0.29, 0.717) is 0 Å². The van der Waals surface area contributed by atoms with E-state index >= 15 is 0 Å². The Hall–Kier alpha value is -1.15. The van der Waals surface area contributed by atoms with Crippen LogP contribution in [0.25, 0.3) is 0 Å². The minimum Gasteiger partial charge on any atom is -0.479 e. The smallest absolute Gasteiger partial charge is 0.337 e. The number of carboxylic acids is 1. The van der Waals surface area contributed by atoms with Crippen molar-refractivity contribution in [2.75, 3.05) is 18.1 Å². The predicted molar refractivity (Wildman–Crippen MR) is 69.4 cm³/mol. The Morgan fingerprint density at radius 1 is 1.32 bits per heavy atom. The van der Waals surface area contributed by atoms with Gasteiger partial charge in [0, 0.05) is 6.42 Å². The van der Waals surface area contributed by atoms with Crippen LogP contribution in [0.3, 0.4) is 0 Å².